The summed E-state index contributed by atoms with van der Waals surface area (Å²) >= 11 is 0. The van der Waals surface area contributed by atoms with Gasteiger partial charge in [0.15, 0.2) is 5.78 Å². The van der Waals surface area contributed by atoms with Gasteiger partial charge in [-0.3, -0.25) is 4.79 Å². The number of hydrogen-bond acceptors (Lipinski definition) is 2. The molecule has 1 aliphatic rings. The number of benzene rings is 1. The number of aliphatic hydroxyl groups is 1. The van der Waals surface area contributed by atoms with Crippen molar-refractivity contribution in [1.82, 2.24) is 0 Å². The van der Waals surface area contributed by atoms with Crippen LogP contribution in [0.2, 0.25) is 0 Å². The van der Waals surface area contributed by atoms with Gasteiger partial charge in [-0.15, -0.1) is 0 Å². The highest BCUT2D eigenvalue weighted by Crippen LogP contribution is 2.35. The molecule has 2 heteroatoms. The summed E-state index contributed by atoms with van der Waals surface area (Å²) in [6, 6.07) is 9.30. The minimum Gasteiger partial charge on any atom is -0.507 e. The molecule has 0 amide bonds. The van der Waals surface area contributed by atoms with E-state index in [2.05, 4.69) is 6.92 Å². The highest BCUT2D eigenvalue weighted by atomic mass is 16.3. The molecule has 1 fully saturated rings. The van der Waals surface area contributed by atoms with Gasteiger partial charge in [0.1, 0.15) is 5.76 Å². The summed E-state index contributed by atoms with van der Waals surface area (Å²) in [4.78, 5) is 11.7. The Morgan fingerprint density at radius 3 is 2.69 bits per heavy atom. The lowest BCUT2D eigenvalue weighted by atomic mass is 9.96. The van der Waals surface area contributed by atoms with Gasteiger partial charge in [0.25, 0.3) is 0 Å². The first kappa shape index (κ1) is 10.9. The predicted octanol–water partition coefficient (Wildman–Crippen LogP) is 3.34. The van der Waals surface area contributed by atoms with Crippen LogP contribution >= 0.6 is 0 Å². The minimum absolute atomic E-state index is 0.105. The van der Waals surface area contributed by atoms with E-state index in [4.69, 9.17) is 0 Å². The third-order valence-electron chi connectivity index (χ3n) is 3.22. The number of carbonyl (C=O) groups excluding carboxylic acids is 1. The van der Waals surface area contributed by atoms with Crippen molar-refractivity contribution in [2.45, 2.75) is 26.2 Å². The second-order valence-corrected chi connectivity index (χ2v) is 4.20. The fourth-order valence-corrected chi connectivity index (χ4v) is 2.30. The average molecular weight is 216 g/mol. The van der Waals surface area contributed by atoms with Crippen LogP contribution in [-0.4, -0.2) is 10.9 Å². The number of allylic oxidation sites excluding steroid dienone is 1. The molecule has 0 aromatic heterocycles. The second-order valence-electron chi connectivity index (χ2n) is 4.20. The summed E-state index contributed by atoms with van der Waals surface area (Å²) in [5.74, 6) is 0.510. The Balaban J connectivity index is 2.43. The van der Waals surface area contributed by atoms with Crippen LogP contribution in [-0.2, 0) is 4.79 Å². The monoisotopic (exact) mass is 216 g/mol. The topological polar surface area (TPSA) is 37.3 Å². The van der Waals surface area contributed by atoms with E-state index < -0.39 is 0 Å². The molecule has 1 unspecified atom stereocenters. The maximum absolute atomic E-state index is 11.7. The van der Waals surface area contributed by atoms with E-state index >= 15 is 0 Å². The minimum atomic E-state index is 0.105. The van der Waals surface area contributed by atoms with Gasteiger partial charge in [-0.2, -0.15) is 0 Å². The maximum Gasteiger partial charge on any atom is 0.162 e. The Bertz CT molecular complexity index is 418. The van der Waals surface area contributed by atoms with Crippen molar-refractivity contribution in [3.05, 3.63) is 41.5 Å². The Morgan fingerprint density at radius 2 is 2.06 bits per heavy atom. The molecule has 0 heterocycles. The third-order valence-corrected chi connectivity index (χ3v) is 3.22. The Morgan fingerprint density at radius 1 is 1.38 bits per heavy atom. The molecule has 1 N–H and O–H groups in total. The van der Waals surface area contributed by atoms with Crippen LogP contribution in [0.5, 0.6) is 0 Å². The molecule has 0 aliphatic heterocycles. The molecule has 2 rings (SSSR count). The lowest BCUT2D eigenvalue weighted by Crippen LogP contribution is -2.04. The summed E-state index contributed by atoms with van der Waals surface area (Å²) in [6.45, 7) is 2.06. The van der Waals surface area contributed by atoms with Crippen molar-refractivity contribution >= 4 is 11.5 Å². The second kappa shape index (κ2) is 4.52. The number of hydrogen-bond donors (Lipinski definition) is 1. The van der Waals surface area contributed by atoms with Crippen LogP contribution in [0.3, 0.4) is 0 Å². The van der Waals surface area contributed by atoms with Crippen LogP contribution in [0.1, 0.15) is 31.7 Å². The number of rotatable bonds is 2. The first-order valence-electron chi connectivity index (χ1n) is 5.75. The SMILES string of the molecule is CCC1CCC(=O)/C1=C(/O)c1ccccc1. The van der Waals surface area contributed by atoms with Crippen molar-refractivity contribution in [3.63, 3.8) is 0 Å². The van der Waals surface area contributed by atoms with Gasteiger partial charge in [-0.25, -0.2) is 0 Å². The van der Waals surface area contributed by atoms with Gasteiger partial charge < -0.3 is 5.11 Å². The van der Waals surface area contributed by atoms with E-state index in [1.165, 1.54) is 0 Å². The molecule has 1 aliphatic carbocycles. The molecule has 0 saturated heterocycles. The summed E-state index contributed by atoms with van der Waals surface area (Å²) in [5.41, 5.74) is 1.37. The van der Waals surface area contributed by atoms with Crippen molar-refractivity contribution in [1.29, 1.82) is 0 Å². The predicted molar refractivity (Wildman–Crippen MR) is 64.0 cm³/mol. The fourth-order valence-electron chi connectivity index (χ4n) is 2.30. The summed E-state index contributed by atoms with van der Waals surface area (Å²) in [7, 11) is 0. The molecule has 16 heavy (non-hydrogen) atoms. The quantitative estimate of drug-likeness (QED) is 0.608. The molecule has 1 aromatic rings. The molecular weight excluding hydrogens is 200 g/mol. The third kappa shape index (κ3) is 1.87. The van der Waals surface area contributed by atoms with E-state index in [0.717, 1.165) is 18.4 Å². The Labute approximate surface area is 95.6 Å². The summed E-state index contributed by atoms with van der Waals surface area (Å²) in [6.07, 6.45) is 2.37. The zero-order chi connectivity index (χ0) is 11.5. The lowest BCUT2D eigenvalue weighted by molar-refractivity contribution is -0.114. The van der Waals surface area contributed by atoms with Gasteiger partial charge in [-0.05, 0) is 18.8 Å². The Hall–Kier alpha value is -1.57. The fraction of sp³-hybridized carbons (Fsp3) is 0.357. The summed E-state index contributed by atoms with van der Waals surface area (Å²) in [5, 5.41) is 10.2. The number of Topliss-reactive ketones (excluding diaryl/α,β-unsaturated/α-hetero) is 1. The first-order chi connectivity index (χ1) is 7.74. The normalized spacial score (nSPS) is 23.6. The maximum atomic E-state index is 11.7. The molecule has 1 saturated carbocycles. The van der Waals surface area contributed by atoms with E-state index in [1.807, 2.05) is 30.3 Å². The lowest BCUT2D eigenvalue weighted by Gasteiger charge is -2.10. The molecule has 1 atom stereocenters. The van der Waals surface area contributed by atoms with Crippen molar-refractivity contribution < 1.29 is 9.90 Å². The number of carbonyl (C=O) groups is 1. The van der Waals surface area contributed by atoms with Gasteiger partial charge in [0.05, 0.1) is 0 Å². The molecule has 0 radical (unpaired) electrons. The van der Waals surface area contributed by atoms with Crippen LogP contribution in [0, 0.1) is 5.92 Å². The zero-order valence-electron chi connectivity index (χ0n) is 9.44. The average Bonchev–Trinajstić information content (AvgIpc) is 2.70. The largest absolute Gasteiger partial charge is 0.507 e. The standard InChI is InChI=1S/C14H16O2/c1-2-10-8-9-12(15)13(10)14(16)11-6-4-3-5-7-11/h3-7,10,16H,2,8-9H2,1H3/b14-13+. The van der Waals surface area contributed by atoms with Gasteiger partial charge in [0.2, 0.25) is 0 Å². The molecule has 1 aromatic carbocycles. The zero-order valence-corrected chi connectivity index (χ0v) is 9.44. The molecule has 84 valence electrons. The number of ketones is 1. The Kier molecular flexibility index (Phi) is 3.09. The van der Waals surface area contributed by atoms with Crippen molar-refractivity contribution in [2.24, 2.45) is 5.92 Å². The first-order valence-corrected chi connectivity index (χ1v) is 5.75. The smallest absolute Gasteiger partial charge is 0.162 e. The summed E-state index contributed by atoms with van der Waals surface area (Å²) < 4.78 is 0. The highest BCUT2D eigenvalue weighted by molar-refractivity contribution is 6.03. The van der Waals surface area contributed by atoms with E-state index in [0.29, 0.717) is 12.0 Å². The van der Waals surface area contributed by atoms with Gasteiger partial charge in [-0.1, -0.05) is 37.3 Å². The van der Waals surface area contributed by atoms with E-state index in [1.54, 1.807) is 0 Å². The van der Waals surface area contributed by atoms with Crippen molar-refractivity contribution in [2.75, 3.05) is 0 Å². The van der Waals surface area contributed by atoms with Gasteiger partial charge in [0, 0.05) is 17.6 Å². The number of aliphatic hydroxyl groups excluding tert-OH is 1. The molecule has 0 bridgehead atoms. The van der Waals surface area contributed by atoms with Crippen LogP contribution < -0.4 is 0 Å². The molecule has 2 nitrogen and oxygen atoms in total. The molecule has 0 spiro atoms. The molecular formula is C14H16O2. The van der Waals surface area contributed by atoms with Crippen LogP contribution in [0.25, 0.3) is 5.76 Å². The van der Waals surface area contributed by atoms with E-state index in [-0.39, 0.29) is 17.5 Å². The van der Waals surface area contributed by atoms with E-state index in [9.17, 15) is 9.90 Å². The van der Waals surface area contributed by atoms with Crippen LogP contribution in [0.15, 0.2) is 35.9 Å². The van der Waals surface area contributed by atoms with Crippen LogP contribution in [0.4, 0.5) is 0 Å². The van der Waals surface area contributed by atoms with Crippen molar-refractivity contribution in [3.8, 4) is 0 Å². The van der Waals surface area contributed by atoms with Gasteiger partial charge >= 0.3 is 0 Å². The highest BCUT2D eigenvalue weighted by Gasteiger charge is 2.30.